The first-order chi connectivity index (χ1) is 9.88. The Bertz CT molecular complexity index is 721. The zero-order valence-corrected chi connectivity index (χ0v) is 14.1. The molecule has 1 aromatic carbocycles. The lowest BCUT2D eigenvalue weighted by Gasteiger charge is -2.05. The Kier molecular flexibility index (Phi) is 5.21. The summed E-state index contributed by atoms with van der Waals surface area (Å²) in [6, 6.07) is 4.28. The normalized spacial score (nSPS) is 10.4. The third-order valence-corrected chi connectivity index (χ3v) is 5.00. The number of rotatable bonds is 4. The standard InChI is InChI=1S/C12H7BrCl2N2O3S/c13-7-3-8(21-5-7)4-16-12(18)6-1-9(14)11(15)10(2-6)17(19)20/h1-3,5H,4H2,(H,16,18). The molecule has 0 bridgehead atoms. The molecule has 5 nitrogen and oxygen atoms in total. The summed E-state index contributed by atoms with van der Waals surface area (Å²) < 4.78 is 0.932. The van der Waals surface area contributed by atoms with E-state index >= 15 is 0 Å². The van der Waals surface area contributed by atoms with Crippen LogP contribution in [0.5, 0.6) is 0 Å². The van der Waals surface area contributed by atoms with Crippen LogP contribution in [0.2, 0.25) is 10.0 Å². The van der Waals surface area contributed by atoms with E-state index in [1.165, 1.54) is 17.4 Å². The van der Waals surface area contributed by atoms with Crippen molar-refractivity contribution < 1.29 is 9.72 Å². The average Bonchev–Trinajstić information content (AvgIpc) is 2.84. The topological polar surface area (TPSA) is 72.2 Å². The minimum atomic E-state index is -0.679. The number of carbonyl (C=O) groups excluding carboxylic acids is 1. The first kappa shape index (κ1) is 16.2. The summed E-state index contributed by atoms with van der Waals surface area (Å²) in [5, 5.41) is 15.2. The molecule has 1 amide bonds. The summed E-state index contributed by atoms with van der Waals surface area (Å²) in [5.41, 5.74) is -0.306. The van der Waals surface area contributed by atoms with E-state index < -0.39 is 16.5 Å². The highest BCUT2D eigenvalue weighted by Crippen LogP contribution is 2.33. The predicted molar refractivity (Wildman–Crippen MR) is 86.3 cm³/mol. The van der Waals surface area contributed by atoms with Crippen LogP contribution in [0.1, 0.15) is 15.2 Å². The highest BCUT2D eigenvalue weighted by Gasteiger charge is 2.20. The molecule has 0 spiro atoms. The van der Waals surface area contributed by atoms with Crippen molar-refractivity contribution in [3.63, 3.8) is 0 Å². The van der Waals surface area contributed by atoms with Gasteiger partial charge in [-0.2, -0.15) is 0 Å². The first-order valence-electron chi connectivity index (χ1n) is 5.53. The fraction of sp³-hybridized carbons (Fsp3) is 0.0833. The van der Waals surface area contributed by atoms with Crippen molar-refractivity contribution in [1.29, 1.82) is 0 Å². The van der Waals surface area contributed by atoms with E-state index in [4.69, 9.17) is 23.2 Å². The summed E-state index contributed by atoms with van der Waals surface area (Å²) in [5.74, 6) is -0.457. The average molecular weight is 410 g/mol. The Labute approximate surface area is 142 Å². The van der Waals surface area contributed by atoms with Crippen molar-refractivity contribution in [2.24, 2.45) is 0 Å². The molecule has 0 saturated carbocycles. The number of halogens is 3. The lowest BCUT2D eigenvalue weighted by molar-refractivity contribution is -0.384. The van der Waals surface area contributed by atoms with Crippen molar-refractivity contribution in [2.75, 3.05) is 0 Å². The fourth-order valence-electron chi connectivity index (χ4n) is 1.55. The van der Waals surface area contributed by atoms with Crippen molar-refractivity contribution in [2.45, 2.75) is 6.54 Å². The minimum Gasteiger partial charge on any atom is -0.347 e. The Balaban J connectivity index is 2.17. The molecule has 0 aliphatic rings. The van der Waals surface area contributed by atoms with Crippen molar-refractivity contribution in [3.05, 3.63) is 58.7 Å². The second kappa shape index (κ2) is 6.74. The van der Waals surface area contributed by atoms with Crippen molar-refractivity contribution in [1.82, 2.24) is 5.32 Å². The summed E-state index contributed by atoms with van der Waals surface area (Å²) in [7, 11) is 0. The van der Waals surface area contributed by atoms with Crippen LogP contribution < -0.4 is 5.32 Å². The van der Waals surface area contributed by atoms with Crippen LogP contribution >= 0.6 is 50.5 Å². The summed E-state index contributed by atoms with van der Waals surface area (Å²) in [6.45, 7) is 0.323. The molecule has 0 atom stereocenters. The van der Waals surface area contributed by atoms with Crippen molar-refractivity contribution in [3.8, 4) is 0 Å². The van der Waals surface area contributed by atoms with Crippen molar-refractivity contribution >= 4 is 62.1 Å². The van der Waals surface area contributed by atoms with Gasteiger partial charge in [-0.15, -0.1) is 11.3 Å². The van der Waals surface area contributed by atoms with Gasteiger partial charge in [-0.1, -0.05) is 23.2 Å². The van der Waals surface area contributed by atoms with Gasteiger partial charge in [0, 0.05) is 26.4 Å². The second-order valence-electron chi connectivity index (χ2n) is 3.96. The molecule has 0 aliphatic heterocycles. The number of nitrogens with zero attached hydrogens (tertiary/aromatic N) is 1. The van der Waals surface area contributed by atoms with Crippen LogP contribution in [0, 0.1) is 10.1 Å². The van der Waals surface area contributed by atoms with Gasteiger partial charge in [-0.25, -0.2) is 0 Å². The zero-order valence-electron chi connectivity index (χ0n) is 10.2. The first-order valence-corrected chi connectivity index (χ1v) is 7.96. The monoisotopic (exact) mass is 408 g/mol. The Morgan fingerprint density at radius 1 is 1.38 bits per heavy atom. The number of amides is 1. The molecule has 0 saturated heterocycles. The second-order valence-corrected chi connectivity index (χ2v) is 6.66. The highest BCUT2D eigenvalue weighted by atomic mass is 79.9. The lowest BCUT2D eigenvalue weighted by atomic mass is 10.2. The van der Waals surface area contributed by atoms with Gasteiger partial charge in [-0.3, -0.25) is 14.9 Å². The van der Waals surface area contributed by atoms with Gasteiger partial charge in [0.25, 0.3) is 11.6 Å². The zero-order chi connectivity index (χ0) is 15.6. The molecule has 0 unspecified atom stereocenters. The molecule has 0 fully saturated rings. The molecule has 0 radical (unpaired) electrons. The molecule has 9 heteroatoms. The maximum absolute atomic E-state index is 12.0. The molecule has 1 N–H and O–H groups in total. The number of nitro groups is 1. The Hall–Kier alpha value is -1.15. The number of benzene rings is 1. The van der Waals surface area contributed by atoms with Gasteiger partial charge in [0.15, 0.2) is 0 Å². The number of thiophene rings is 1. The highest BCUT2D eigenvalue weighted by molar-refractivity contribution is 9.10. The van der Waals surface area contributed by atoms with Crippen LogP contribution in [0.15, 0.2) is 28.1 Å². The van der Waals surface area contributed by atoms with Gasteiger partial charge in [0.05, 0.1) is 16.5 Å². The van der Waals surface area contributed by atoms with Crippen LogP contribution in [-0.4, -0.2) is 10.8 Å². The maximum Gasteiger partial charge on any atom is 0.290 e. The van der Waals surface area contributed by atoms with Gasteiger partial charge in [0.1, 0.15) is 5.02 Å². The van der Waals surface area contributed by atoms with E-state index in [2.05, 4.69) is 21.2 Å². The van der Waals surface area contributed by atoms with Crippen LogP contribution in [-0.2, 0) is 6.54 Å². The van der Waals surface area contributed by atoms with E-state index in [1.807, 2.05) is 11.4 Å². The molecule has 1 heterocycles. The number of hydrogen-bond acceptors (Lipinski definition) is 4. The summed E-state index contributed by atoms with van der Waals surface area (Å²) >= 11 is 16.3. The third kappa shape index (κ3) is 3.94. The molecular weight excluding hydrogens is 403 g/mol. The van der Waals surface area contributed by atoms with E-state index in [-0.39, 0.29) is 15.6 Å². The Morgan fingerprint density at radius 2 is 2.10 bits per heavy atom. The van der Waals surface area contributed by atoms with Crippen LogP contribution in [0.3, 0.4) is 0 Å². The SMILES string of the molecule is O=C(NCc1cc(Br)cs1)c1cc(Cl)c(Cl)c([N+](=O)[O-])c1. The van der Waals surface area contributed by atoms with E-state index in [0.717, 1.165) is 15.4 Å². The largest absolute Gasteiger partial charge is 0.347 e. The third-order valence-electron chi connectivity index (χ3n) is 2.51. The molecular formula is C12H7BrCl2N2O3S. The fourth-order valence-corrected chi connectivity index (χ4v) is 3.34. The van der Waals surface area contributed by atoms with Crippen LogP contribution in [0.4, 0.5) is 5.69 Å². The number of nitro benzene ring substituents is 1. The molecule has 2 aromatic rings. The number of hydrogen-bond donors (Lipinski definition) is 1. The molecule has 21 heavy (non-hydrogen) atoms. The molecule has 110 valence electrons. The van der Waals surface area contributed by atoms with Gasteiger partial charge in [0.2, 0.25) is 0 Å². The van der Waals surface area contributed by atoms with E-state index in [1.54, 1.807) is 0 Å². The van der Waals surface area contributed by atoms with Gasteiger partial charge < -0.3 is 5.32 Å². The lowest BCUT2D eigenvalue weighted by Crippen LogP contribution is -2.22. The smallest absolute Gasteiger partial charge is 0.290 e. The minimum absolute atomic E-state index is 0.0325. The number of nitrogens with one attached hydrogen (secondary N) is 1. The predicted octanol–water partition coefficient (Wildman–Crippen LogP) is 4.66. The quantitative estimate of drug-likeness (QED) is 0.589. The van der Waals surface area contributed by atoms with E-state index in [0.29, 0.717) is 6.54 Å². The van der Waals surface area contributed by atoms with E-state index in [9.17, 15) is 14.9 Å². The van der Waals surface area contributed by atoms with Crippen LogP contribution in [0.25, 0.3) is 0 Å². The molecule has 2 rings (SSSR count). The van der Waals surface area contributed by atoms with Gasteiger partial charge >= 0.3 is 0 Å². The summed E-state index contributed by atoms with van der Waals surface area (Å²) in [4.78, 5) is 23.1. The number of carbonyl (C=O) groups is 1. The van der Waals surface area contributed by atoms with Gasteiger partial charge in [-0.05, 0) is 28.1 Å². The summed E-state index contributed by atoms with van der Waals surface area (Å²) in [6.07, 6.45) is 0. The maximum atomic E-state index is 12.0. The molecule has 0 aliphatic carbocycles. The Morgan fingerprint density at radius 3 is 2.67 bits per heavy atom. The molecule has 1 aromatic heterocycles.